The van der Waals surface area contributed by atoms with Crippen molar-refractivity contribution in [2.75, 3.05) is 6.54 Å². The van der Waals surface area contributed by atoms with Crippen molar-refractivity contribution in [2.24, 2.45) is 5.92 Å². The zero-order valence-electron chi connectivity index (χ0n) is 13.3. The normalized spacial score (nSPS) is 11.3. The average Bonchev–Trinajstić information content (AvgIpc) is 3.15. The molecule has 0 atom stereocenters. The molecule has 1 N–H and O–H groups in total. The molecule has 3 aromatic rings. The molecule has 0 fully saturated rings. The number of thiazole rings is 1. The molecule has 5 nitrogen and oxygen atoms in total. The maximum absolute atomic E-state index is 12.5. The maximum Gasteiger partial charge on any atom is 0.272 e. The van der Waals surface area contributed by atoms with Crippen molar-refractivity contribution in [3.8, 4) is 0 Å². The molecule has 3 aromatic heterocycles. The Hall–Kier alpha value is -2.21. The molecule has 0 radical (unpaired) electrons. The molecule has 0 saturated carbocycles. The van der Waals surface area contributed by atoms with Crippen LogP contribution in [0.1, 0.15) is 35.9 Å². The highest BCUT2D eigenvalue weighted by molar-refractivity contribution is 7.07. The number of pyridine rings is 1. The number of fused-ring (bicyclic) bond motifs is 1. The number of hydrogen-bond acceptors (Lipinski definition) is 4. The quantitative estimate of drug-likeness (QED) is 0.757. The van der Waals surface area contributed by atoms with Gasteiger partial charge in [-0.1, -0.05) is 19.9 Å². The van der Waals surface area contributed by atoms with Crippen LogP contribution in [-0.2, 0) is 12.8 Å². The van der Waals surface area contributed by atoms with Gasteiger partial charge >= 0.3 is 0 Å². The Morgan fingerprint density at radius 2 is 2.26 bits per heavy atom. The van der Waals surface area contributed by atoms with Gasteiger partial charge < -0.3 is 9.72 Å². The van der Waals surface area contributed by atoms with Crippen LogP contribution in [0.15, 0.2) is 35.3 Å². The number of hydrogen-bond donors (Lipinski definition) is 1. The lowest BCUT2D eigenvalue weighted by Gasteiger charge is -2.03. The summed E-state index contributed by atoms with van der Waals surface area (Å²) in [6.07, 6.45) is 3.54. The third kappa shape index (κ3) is 3.59. The van der Waals surface area contributed by atoms with Gasteiger partial charge in [0.25, 0.3) is 5.91 Å². The Labute approximate surface area is 139 Å². The molecular formula is C17H20N4OS. The third-order valence-corrected chi connectivity index (χ3v) is 4.21. The van der Waals surface area contributed by atoms with E-state index in [2.05, 4.69) is 29.1 Å². The van der Waals surface area contributed by atoms with Crippen LogP contribution in [0, 0.1) is 5.92 Å². The summed E-state index contributed by atoms with van der Waals surface area (Å²) < 4.78 is 2.01. The summed E-state index contributed by atoms with van der Waals surface area (Å²) >= 11 is 1.57. The number of amides is 1. The first-order valence-electron chi connectivity index (χ1n) is 7.76. The largest absolute Gasteiger partial charge is 0.350 e. The van der Waals surface area contributed by atoms with Gasteiger partial charge in [-0.25, -0.2) is 9.97 Å². The van der Waals surface area contributed by atoms with E-state index in [9.17, 15) is 4.79 Å². The number of carbonyl (C=O) groups is 1. The first-order chi connectivity index (χ1) is 11.1. The summed E-state index contributed by atoms with van der Waals surface area (Å²) in [5.74, 6) is 1.29. The monoisotopic (exact) mass is 328 g/mol. The summed E-state index contributed by atoms with van der Waals surface area (Å²) in [6.45, 7) is 4.86. The highest BCUT2D eigenvalue weighted by Crippen LogP contribution is 2.16. The van der Waals surface area contributed by atoms with Gasteiger partial charge in [-0.05, 0) is 18.1 Å². The molecule has 23 heavy (non-hydrogen) atoms. The van der Waals surface area contributed by atoms with Gasteiger partial charge in [-0.2, -0.15) is 0 Å². The standard InChI is InChI=1S/C17H20N4OS/c1-12(2)9-15-20-16(14-5-3-4-8-21(14)15)17(22)18-7-6-13-10-23-11-19-13/h3-5,8,10-12H,6-7,9H2,1-2H3,(H,18,22). The number of carbonyl (C=O) groups excluding carboxylic acids is 1. The molecule has 3 heterocycles. The number of imidazole rings is 1. The molecule has 1 amide bonds. The van der Waals surface area contributed by atoms with Crippen LogP contribution < -0.4 is 5.32 Å². The number of nitrogens with one attached hydrogen (secondary N) is 1. The zero-order valence-corrected chi connectivity index (χ0v) is 14.1. The summed E-state index contributed by atoms with van der Waals surface area (Å²) in [5, 5.41) is 4.94. The molecule has 0 unspecified atom stereocenters. The van der Waals surface area contributed by atoms with E-state index in [0.29, 0.717) is 18.2 Å². The summed E-state index contributed by atoms with van der Waals surface area (Å²) in [6, 6.07) is 5.83. The van der Waals surface area contributed by atoms with E-state index in [1.165, 1.54) is 0 Å². The Morgan fingerprint density at radius 1 is 1.39 bits per heavy atom. The Morgan fingerprint density at radius 3 is 3.00 bits per heavy atom. The van der Waals surface area contributed by atoms with Crippen LogP contribution in [0.2, 0.25) is 0 Å². The van der Waals surface area contributed by atoms with Crippen molar-refractivity contribution in [1.82, 2.24) is 19.7 Å². The zero-order chi connectivity index (χ0) is 16.2. The van der Waals surface area contributed by atoms with Crippen LogP contribution in [0.4, 0.5) is 0 Å². The molecule has 0 aromatic carbocycles. The van der Waals surface area contributed by atoms with Gasteiger partial charge in [-0.3, -0.25) is 4.79 Å². The van der Waals surface area contributed by atoms with E-state index >= 15 is 0 Å². The smallest absolute Gasteiger partial charge is 0.272 e. The minimum atomic E-state index is -0.126. The lowest BCUT2D eigenvalue weighted by atomic mass is 10.1. The van der Waals surface area contributed by atoms with Crippen LogP contribution in [0.5, 0.6) is 0 Å². The first-order valence-corrected chi connectivity index (χ1v) is 8.70. The lowest BCUT2D eigenvalue weighted by Crippen LogP contribution is -2.26. The van der Waals surface area contributed by atoms with Crippen molar-refractivity contribution in [1.29, 1.82) is 0 Å². The van der Waals surface area contributed by atoms with Gasteiger partial charge in [-0.15, -0.1) is 11.3 Å². The Bertz CT molecular complexity index is 792. The topological polar surface area (TPSA) is 59.3 Å². The molecule has 0 saturated heterocycles. The number of nitrogens with zero attached hydrogens (tertiary/aromatic N) is 3. The van der Waals surface area contributed by atoms with Crippen LogP contribution in [-0.4, -0.2) is 26.8 Å². The predicted molar refractivity (Wildman–Crippen MR) is 91.9 cm³/mol. The SMILES string of the molecule is CC(C)Cc1nc(C(=O)NCCc2cscn2)c2ccccn12. The van der Waals surface area contributed by atoms with Crippen molar-refractivity contribution in [2.45, 2.75) is 26.7 Å². The van der Waals surface area contributed by atoms with E-state index in [-0.39, 0.29) is 5.91 Å². The molecule has 0 aliphatic rings. The van der Waals surface area contributed by atoms with E-state index in [4.69, 9.17) is 0 Å². The minimum Gasteiger partial charge on any atom is -0.350 e. The van der Waals surface area contributed by atoms with Gasteiger partial charge in [0.15, 0.2) is 5.69 Å². The van der Waals surface area contributed by atoms with Gasteiger partial charge in [0.05, 0.1) is 16.7 Å². The second-order valence-corrected chi connectivity index (χ2v) is 6.63. The van der Waals surface area contributed by atoms with Crippen molar-refractivity contribution in [3.63, 3.8) is 0 Å². The van der Waals surface area contributed by atoms with E-state index in [1.807, 2.05) is 34.2 Å². The fourth-order valence-electron chi connectivity index (χ4n) is 2.53. The molecule has 0 aliphatic heterocycles. The predicted octanol–water partition coefficient (Wildman–Crippen LogP) is 2.96. The Balaban J connectivity index is 1.77. The van der Waals surface area contributed by atoms with Crippen LogP contribution >= 0.6 is 11.3 Å². The third-order valence-electron chi connectivity index (χ3n) is 3.58. The summed E-state index contributed by atoms with van der Waals surface area (Å²) in [4.78, 5) is 21.3. The molecular weight excluding hydrogens is 308 g/mol. The molecule has 120 valence electrons. The minimum absolute atomic E-state index is 0.126. The van der Waals surface area contributed by atoms with Gasteiger partial charge in [0.1, 0.15) is 5.82 Å². The van der Waals surface area contributed by atoms with Gasteiger partial charge in [0.2, 0.25) is 0 Å². The van der Waals surface area contributed by atoms with E-state index in [1.54, 1.807) is 16.8 Å². The highest BCUT2D eigenvalue weighted by Gasteiger charge is 2.17. The van der Waals surface area contributed by atoms with Crippen LogP contribution in [0.3, 0.4) is 0 Å². The maximum atomic E-state index is 12.5. The Kier molecular flexibility index (Phi) is 4.71. The van der Waals surface area contributed by atoms with Crippen molar-refractivity contribution < 1.29 is 4.79 Å². The summed E-state index contributed by atoms with van der Waals surface area (Å²) in [5.41, 5.74) is 4.16. The highest BCUT2D eigenvalue weighted by atomic mass is 32.1. The van der Waals surface area contributed by atoms with E-state index < -0.39 is 0 Å². The van der Waals surface area contributed by atoms with Crippen LogP contribution in [0.25, 0.3) is 5.52 Å². The van der Waals surface area contributed by atoms with Crippen molar-refractivity contribution >= 4 is 22.8 Å². The molecule has 3 rings (SSSR count). The second kappa shape index (κ2) is 6.91. The molecule has 0 spiro atoms. The second-order valence-electron chi connectivity index (χ2n) is 5.92. The first kappa shape index (κ1) is 15.7. The fraction of sp³-hybridized carbons (Fsp3) is 0.353. The van der Waals surface area contributed by atoms with Crippen molar-refractivity contribution in [3.05, 3.63) is 52.5 Å². The molecule has 0 bridgehead atoms. The number of rotatable bonds is 6. The molecule has 0 aliphatic carbocycles. The molecule has 6 heteroatoms. The van der Waals surface area contributed by atoms with Gasteiger partial charge in [0, 0.05) is 31.0 Å². The fourth-order valence-corrected chi connectivity index (χ4v) is 3.12. The summed E-state index contributed by atoms with van der Waals surface area (Å²) in [7, 11) is 0. The number of aromatic nitrogens is 3. The van der Waals surface area contributed by atoms with E-state index in [0.717, 1.165) is 29.9 Å². The lowest BCUT2D eigenvalue weighted by molar-refractivity contribution is 0.0951. The average molecular weight is 328 g/mol.